The molecule has 1 aromatic rings. The standard InChI is InChI=1S/C9H15NOS/c1-7-3-4-12-8(7)5-9(2,10)6-11/h3-4,11H,5-6,10H2,1-2H3. The van der Waals surface area contributed by atoms with Crippen LogP contribution in [0.1, 0.15) is 17.4 Å². The van der Waals surface area contributed by atoms with Crippen LogP contribution in [0.25, 0.3) is 0 Å². The third kappa shape index (κ3) is 2.30. The summed E-state index contributed by atoms with van der Waals surface area (Å²) in [7, 11) is 0. The van der Waals surface area contributed by atoms with Crippen molar-refractivity contribution in [1.82, 2.24) is 0 Å². The third-order valence-corrected chi connectivity index (χ3v) is 2.92. The van der Waals surface area contributed by atoms with Crippen LogP contribution >= 0.6 is 11.3 Å². The number of aliphatic hydroxyl groups is 1. The van der Waals surface area contributed by atoms with Crippen molar-refractivity contribution in [1.29, 1.82) is 0 Å². The zero-order chi connectivity index (χ0) is 9.19. The number of aryl methyl sites for hydroxylation is 1. The van der Waals surface area contributed by atoms with Crippen LogP contribution in [0.2, 0.25) is 0 Å². The minimum Gasteiger partial charge on any atom is -0.394 e. The van der Waals surface area contributed by atoms with Crippen LogP contribution in [0, 0.1) is 6.92 Å². The lowest BCUT2D eigenvalue weighted by Gasteiger charge is -2.20. The molecule has 0 radical (unpaired) electrons. The number of hydrogen-bond donors (Lipinski definition) is 2. The summed E-state index contributed by atoms with van der Waals surface area (Å²) >= 11 is 1.70. The Hall–Kier alpha value is -0.380. The Labute approximate surface area is 77.0 Å². The van der Waals surface area contributed by atoms with E-state index in [2.05, 4.69) is 18.4 Å². The number of rotatable bonds is 3. The summed E-state index contributed by atoms with van der Waals surface area (Å²) in [4.78, 5) is 1.27. The summed E-state index contributed by atoms with van der Waals surface area (Å²) in [6, 6.07) is 2.08. The molecule has 0 amide bonds. The van der Waals surface area contributed by atoms with Gasteiger partial charge in [0, 0.05) is 16.8 Å². The van der Waals surface area contributed by atoms with Crippen molar-refractivity contribution < 1.29 is 5.11 Å². The van der Waals surface area contributed by atoms with E-state index in [0.717, 1.165) is 6.42 Å². The van der Waals surface area contributed by atoms with Crippen molar-refractivity contribution in [2.24, 2.45) is 5.73 Å². The SMILES string of the molecule is Cc1ccsc1CC(C)(N)CO. The van der Waals surface area contributed by atoms with Gasteiger partial charge in [-0.2, -0.15) is 0 Å². The van der Waals surface area contributed by atoms with Gasteiger partial charge >= 0.3 is 0 Å². The molecule has 1 aromatic heterocycles. The number of hydrogen-bond acceptors (Lipinski definition) is 3. The summed E-state index contributed by atoms with van der Waals surface area (Å²) in [5, 5.41) is 11.0. The second-order valence-electron chi connectivity index (χ2n) is 3.52. The monoisotopic (exact) mass is 185 g/mol. The average Bonchev–Trinajstić information content (AvgIpc) is 2.36. The van der Waals surface area contributed by atoms with E-state index in [1.165, 1.54) is 10.4 Å². The lowest BCUT2D eigenvalue weighted by molar-refractivity contribution is 0.208. The number of aliphatic hydroxyl groups excluding tert-OH is 1. The highest BCUT2D eigenvalue weighted by Crippen LogP contribution is 2.20. The largest absolute Gasteiger partial charge is 0.394 e. The van der Waals surface area contributed by atoms with E-state index in [9.17, 15) is 0 Å². The maximum Gasteiger partial charge on any atom is 0.0612 e. The molecule has 0 saturated carbocycles. The Bertz CT molecular complexity index is 255. The van der Waals surface area contributed by atoms with Gasteiger partial charge in [-0.05, 0) is 30.9 Å². The fourth-order valence-corrected chi connectivity index (χ4v) is 2.11. The van der Waals surface area contributed by atoms with Gasteiger partial charge < -0.3 is 10.8 Å². The molecule has 0 aromatic carbocycles. The van der Waals surface area contributed by atoms with Gasteiger partial charge in [0.25, 0.3) is 0 Å². The van der Waals surface area contributed by atoms with Crippen LogP contribution in [-0.2, 0) is 6.42 Å². The molecule has 0 aliphatic rings. The van der Waals surface area contributed by atoms with Gasteiger partial charge in [-0.15, -0.1) is 11.3 Å². The van der Waals surface area contributed by atoms with Gasteiger partial charge in [-0.3, -0.25) is 0 Å². The Morgan fingerprint density at radius 1 is 1.67 bits per heavy atom. The smallest absolute Gasteiger partial charge is 0.0612 e. The molecular weight excluding hydrogens is 170 g/mol. The lowest BCUT2D eigenvalue weighted by atomic mass is 9.98. The van der Waals surface area contributed by atoms with Crippen molar-refractivity contribution in [3.05, 3.63) is 21.9 Å². The minimum absolute atomic E-state index is 0.0321. The molecular formula is C9H15NOS. The Kier molecular flexibility index (Phi) is 2.88. The molecule has 0 bridgehead atoms. The van der Waals surface area contributed by atoms with Crippen LogP contribution in [0.15, 0.2) is 11.4 Å². The summed E-state index contributed by atoms with van der Waals surface area (Å²) < 4.78 is 0. The third-order valence-electron chi connectivity index (χ3n) is 1.89. The van der Waals surface area contributed by atoms with E-state index in [0.29, 0.717) is 0 Å². The van der Waals surface area contributed by atoms with Crippen LogP contribution in [0.5, 0.6) is 0 Å². The maximum atomic E-state index is 8.96. The predicted octanol–water partition coefficient (Wildman–Crippen LogP) is 1.31. The molecule has 1 rings (SSSR count). The number of nitrogens with two attached hydrogens (primary N) is 1. The molecule has 12 heavy (non-hydrogen) atoms. The van der Waals surface area contributed by atoms with E-state index in [1.54, 1.807) is 11.3 Å². The van der Waals surface area contributed by atoms with E-state index >= 15 is 0 Å². The van der Waals surface area contributed by atoms with E-state index in [-0.39, 0.29) is 6.61 Å². The second-order valence-corrected chi connectivity index (χ2v) is 4.52. The first kappa shape index (κ1) is 9.71. The van der Waals surface area contributed by atoms with Gasteiger partial charge in [-0.1, -0.05) is 0 Å². The molecule has 0 spiro atoms. The Morgan fingerprint density at radius 3 is 2.75 bits per heavy atom. The fourth-order valence-electron chi connectivity index (χ4n) is 1.01. The maximum absolute atomic E-state index is 8.96. The molecule has 0 fully saturated rings. The summed E-state index contributed by atoms with van der Waals surface area (Å²) in [6.07, 6.45) is 0.757. The van der Waals surface area contributed by atoms with Crippen LogP contribution in [0.3, 0.4) is 0 Å². The topological polar surface area (TPSA) is 46.2 Å². The zero-order valence-electron chi connectivity index (χ0n) is 7.50. The predicted molar refractivity (Wildman–Crippen MR) is 52.4 cm³/mol. The van der Waals surface area contributed by atoms with Gasteiger partial charge in [0.2, 0.25) is 0 Å². The van der Waals surface area contributed by atoms with E-state index in [1.807, 2.05) is 6.92 Å². The number of thiophene rings is 1. The van der Waals surface area contributed by atoms with Crippen molar-refractivity contribution in [2.45, 2.75) is 25.8 Å². The zero-order valence-corrected chi connectivity index (χ0v) is 8.32. The molecule has 2 nitrogen and oxygen atoms in total. The first-order valence-corrected chi connectivity index (χ1v) is 4.86. The first-order valence-electron chi connectivity index (χ1n) is 3.98. The highest BCUT2D eigenvalue weighted by Gasteiger charge is 2.19. The molecule has 3 heteroatoms. The normalized spacial score (nSPS) is 16.0. The van der Waals surface area contributed by atoms with Crippen molar-refractivity contribution in [3.8, 4) is 0 Å². The van der Waals surface area contributed by atoms with Crippen molar-refractivity contribution in [3.63, 3.8) is 0 Å². The fraction of sp³-hybridized carbons (Fsp3) is 0.556. The Balaban J connectivity index is 2.70. The van der Waals surface area contributed by atoms with Crippen LogP contribution < -0.4 is 5.73 Å². The molecule has 3 N–H and O–H groups in total. The summed E-state index contributed by atoms with van der Waals surface area (Å²) in [5.41, 5.74) is 6.62. The second kappa shape index (κ2) is 3.56. The molecule has 1 atom stereocenters. The van der Waals surface area contributed by atoms with E-state index < -0.39 is 5.54 Å². The quantitative estimate of drug-likeness (QED) is 0.746. The van der Waals surface area contributed by atoms with Crippen molar-refractivity contribution in [2.75, 3.05) is 6.61 Å². The van der Waals surface area contributed by atoms with Gasteiger partial charge in [0.05, 0.1) is 6.61 Å². The molecule has 68 valence electrons. The average molecular weight is 185 g/mol. The summed E-state index contributed by atoms with van der Waals surface area (Å²) in [5.74, 6) is 0. The Morgan fingerprint density at radius 2 is 2.33 bits per heavy atom. The van der Waals surface area contributed by atoms with Gasteiger partial charge in [0.15, 0.2) is 0 Å². The lowest BCUT2D eigenvalue weighted by Crippen LogP contribution is -2.42. The molecule has 0 saturated heterocycles. The molecule has 1 unspecified atom stereocenters. The summed E-state index contributed by atoms with van der Waals surface area (Å²) in [6.45, 7) is 3.97. The molecule has 0 aliphatic heterocycles. The van der Waals surface area contributed by atoms with Gasteiger partial charge in [-0.25, -0.2) is 0 Å². The van der Waals surface area contributed by atoms with Crippen LogP contribution in [-0.4, -0.2) is 17.3 Å². The molecule has 0 aliphatic carbocycles. The first-order chi connectivity index (χ1) is 5.55. The molecule has 1 heterocycles. The highest BCUT2D eigenvalue weighted by atomic mass is 32.1. The van der Waals surface area contributed by atoms with Gasteiger partial charge in [0.1, 0.15) is 0 Å². The van der Waals surface area contributed by atoms with Crippen LogP contribution in [0.4, 0.5) is 0 Å². The highest BCUT2D eigenvalue weighted by molar-refractivity contribution is 7.10. The minimum atomic E-state index is -0.477. The van der Waals surface area contributed by atoms with Crippen molar-refractivity contribution >= 4 is 11.3 Å². The van der Waals surface area contributed by atoms with E-state index in [4.69, 9.17) is 10.8 Å².